The maximum atomic E-state index is 12.1. The standard InChI is InChI=1S/C21H31N5O3/c1-15(2)12-22-21(27)20-14-26(24-23-20)17-5-7-25(8-6-17)13-16-9-18(28-3)11-19(10-16)29-4/h9-11,14-15,17H,5-8,12-13H2,1-4H3,(H,22,27). The van der Waals surface area contributed by atoms with Gasteiger partial charge >= 0.3 is 0 Å². The van der Waals surface area contributed by atoms with Crippen LogP contribution in [0, 0.1) is 5.92 Å². The minimum Gasteiger partial charge on any atom is -0.497 e. The van der Waals surface area contributed by atoms with Crippen LogP contribution in [0.5, 0.6) is 11.5 Å². The summed E-state index contributed by atoms with van der Waals surface area (Å²) in [5, 5.41) is 11.1. The zero-order valence-corrected chi connectivity index (χ0v) is 17.7. The first-order chi connectivity index (χ1) is 14.0. The van der Waals surface area contributed by atoms with Crippen molar-refractivity contribution < 1.29 is 14.3 Å². The highest BCUT2D eigenvalue weighted by molar-refractivity contribution is 5.91. The Bertz CT molecular complexity index is 790. The van der Waals surface area contributed by atoms with Crippen molar-refractivity contribution in [3.05, 3.63) is 35.7 Å². The lowest BCUT2D eigenvalue weighted by atomic mass is 10.0. The Morgan fingerprint density at radius 3 is 2.41 bits per heavy atom. The molecular formula is C21H31N5O3. The second kappa shape index (κ2) is 9.73. The Kier molecular flexibility index (Phi) is 7.09. The number of aromatic nitrogens is 3. The molecule has 0 radical (unpaired) electrons. The Balaban J connectivity index is 1.54. The maximum Gasteiger partial charge on any atom is 0.273 e. The summed E-state index contributed by atoms with van der Waals surface area (Å²) in [6, 6.07) is 6.25. The highest BCUT2D eigenvalue weighted by Gasteiger charge is 2.23. The fourth-order valence-corrected chi connectivity index (χ4v) is 3.50. The van der Waals surface area contributed by atoms with E-state index >= 15 is 0 Å². The Morgan fingerprint density at radius 2 is 1.83 bits per heavy atom. The monoisotopic (exact) mass is 401 g/mol. The van der Waals surface area contributed by atoms with E-state index in [9.17, 15) is 4.79 Å². The molecule has 1 aromatic heterocycles. The van der Waals surface area contributed by atoms with Gasteiger partial charge in [-0.25, -0.2) is 4.68 Å². The maximum absolute atomic E-state index is 12.1. The van der Waals surface area contributed by atoms with Crippen LogP contribution >= 0.6 is 0 Å². The number of carbonyl (C=O) groups is 1. The van der Waals surface area contributed by atoms with Gasteiger partial charge in [-0.2, -0.15) is 0 Å². The van der Waals surface area contributed by atoms with Gasteiger partial charge in [0.25, 0.3) is 5.91 Å². The second-order valence-electron chi connectivity index (χ2n) is 7.92. The summed E-state index contributed by atoms with van der Waals surface area (Å²) >= 11 is 0. The molecule has 0 spiro atoms. The summed E-state index contributed by atoms with van der Waals surface area (Å²) < 4.78 is 12.6. The summed E-state index contributed by atoms with van der Waals surface area (Å²) in [5.41, 5.74) is 1.56. The third-order valence-electron chi connectivity index (χ3n) is 5.16. The normalized spacial score (nSPS) is 15.5. The molecule has 0 aliphatic carbocycles. The molecule has 0 saturated carbocycles. The fourth-order valence-electron chi connectivity index (χ4n) is 3.50. The van der Waals surface area contributed by atoms with E-state index in [2.05, 4.69) is 34.4 Å². The molecule has 2 heterocycles. The number of rotatable bonds is 8. The molecule has 8 nitrogen and oxygen atoms in total. The predicted molar refractivity (Wildman–Crippen MR) is 110 cm³/mol. The molecule has 1 fully saturated rings. The van der Waals surface area contributed by atoms with Crippen molar-refractivity contribution in [2.75, 3.05) is 33.9 Å². The quantitative estimate of drug-likeness (QED) is 0.732. The van der Waals surface area contributed by atoms with Crippen LogP contribution in [0.15, 0.2) is 24.4 Å². The molecule has 1 N–H and O–H groups in total. The third-order valence-corrected chi connectivity index (χ3v) is 5.16. The van der Waals surface area contributed by atoms with Crippen molar-refractivity contribution in [1.82, 2.24) is 25.2 Å². The molecule has 8 heteroatoms. The number of likely N-dealkylation sites (tertiary alicyclic amines) is 1. The van der Waals surface area contributed by atoms with Crippen molar-refractivity contribution in [1.29, 1.82) is 0 Å². The van der Waals surface area contributed by atoms with Crippen LogP contribution in [0.4, 0.5) is 0 Å². The molecule has 3 rings (SSSR count). The SMILES string of the molecule is COc1cc(CN2CCC(n3cc(C(=O)NCC(C)C)nn3)CC2)cc(OC)c1. The Morgan fingerprint density at radius 1 is 1.17 bits per heavy atom. The van der Waals surface area contributed by atoms with E-state index in [-0.39, 0.29) is 11.9 Å². The van der Waals surface area contributed by atoms with Gasteiger partial charge in [0.15, 0.2) is 5.69 Å². The van der Waals surface area contributed by atoms with Crippen molar-refractivity contribution in [3.63, 3.8) is 0 Å². The molecule has 0 bridgehead atoms. The first kappa shape index (κ1) is 21.1. The predicted octanol–water partition coefficient (Wildman–Crippen LogP) is 2.52. The minimum atomic E-state index is -0.158. The van der Waals surface area contributed by atoms with E-state index in [0.29, 0.717) is 18.2 Å². The smallest absolute Gasteiger partial charge is 0.273 e. The lowest BCUT2D eigenvalue weighted by Gasteiger charge is -2.31. The van der Waals surface area contributed by atoms with Gasteiger partial charge in [-0.1, -0.05) is 19.1 Å². The summed E-state index contributed by atoms with van der Waals surface area (Å²) in [6.07, 6.45) is 3.71. The van der Waals surface area contributed by atoms with Crippen LogP contribution in [0.25, 0.3) is 0 Å². The molecule has 0 atom stereocenters. The van der Waals surface area contributed by atoms with Gasteiger partial charge in [0.05, 0.1) is 26.5 Å². The van der Waals surface area contributed by atoms with Crippen LogP contribution in [0.2, 0.25) is 0 Å². The number of benzene rings is 1. The lowest BCUT2D eigenvalue weighted by Crippen LogP contribution is -2.34. The molecule has 1 aromatic carbocycles. The third kappa shape index (κ3) is 5.69. The van der Waals surface area contributed by atoms with E-state index in [1.807, 2.05) is 22.9 Å². The largest absolute Gasteiger partial charge is 0.497 e. The molecule has 1 aliphatic heterocycles. The lowest BCUT2D eigenvalue weighted by molar-refractivity contribution is 0.0944. The summed E-state index contributed by atoms with van der Waals surface area (Å²) in [6.45, 7) is 7.52. The highest BCUT2D eigenvalue weighted by atomic mass is 16.5. The van der Waals surface area contributed by atoms with E-state index in [1.165, 1.54) is 5.56 Å². The van der Waals surface area contributed by atoms with Crippen LogP contribution in [0.1, 0.15) is 48.8 Å². The van der Waals surface area contributed by atoms with Gasteiger partial charge in [0, 0.05) is 32.2 Å². The zero-order valence-electron chi connectivity index (χ0n) is 17.7. The van der Waals surface area contributed by atoms with Crippen LogP contribution < -0.4 is 14.8 Å². The van der Waals surface area contributed by atoms with Gasteiger partial charge in [-0.3, -0.25) is 9.69 Å². The summed E-state index contributed by atoms with van der Waals surface area (Å²) in [7, 11) is 3.33. The summed E-state index contributed by atoms with van der Waals surface area (Å²) in [4.78, 5) is 14.6. The number of ether oxygens (including phenoxy) is 2. The van der Waals surface area contributed by atoms with E-state index in [1.54, 1.807) is 20.4 Å². The van der Waals surface area contributed by atoms with E-state index in [4.69, 9.17) is 9.47 Å². The Hall–Kier alpha value is -2.61. The Labute approximate surface area is 172 Å². The van der Waals surface area contributed by atoms with E-state index in [0.717, 1.165) is 44.0 Å². The summed E-state index contributed by atoms with van der Waals surface area (Å²) in [5.74, 6) is 1.86. The molecule has 0 unspecified atom stereocenters. The van der Waals surface area contributed by atoms with Crippen LogP contribution in [-0.4, -0.2) is 59.7 Å². The van der Waals surface area contributed by atoms with Crippen LogP contribution in [-0.2, 0) is 6.54 Å². The number of amides is 1. The van der Waals surface area contributed by atoms with Gasteiger partial charge in [0.2, 0.25) is 0 Å². The minimum absolute atomic E-state index is 0.158. The van der Waals surface area contributed by atoms with Crippen molar-refractivity contribution >= 4 is 5.91 Å². The molecule has 1 saturated heterocycles. The number of carbonyl (C=O) groups excluding carboxylic acids is 1. The zero-order chi connectivity index (χ0) is 20.8. The van der Waals surface area contributed by atoms with Gasteiger partial charge < -0.3 is 14.8 Å². The average molecular weight is 402 g/mol. The first-order valence-corrected chi connectivity index (χ1v) is 10.1. The van der Waals surface area contributed by atoms with Crippen molar-refractivity contribution in [2.45, 2.75) is 39.3 Å². The number of nitrogens with zero attached hydrogens (tertiary/aromatic N) is 4. The van der Waals surface area contributed by atoms with Gasteiger partial charge in [-0.05, 0) is 36.5 Å². The molecule has 1 amide bonds. The first-order valence-electron chi connectivity index (χ1n) is 10.1. The van der Waals surface area contributed by atoms with Crippen molar-refractivity contribution in [2.24, 2.45) is 5.92 Å². The number of methoxy groups -OCH3 is 2. The molecule has 1 aliphatic rings. The van der Waals surface area contributed by atoms with E-state index < -0.39 is 0 Å². The molecule has 158 valence electrons. The number of piperidine rings is 1. The number of nitrogens with one attached hydrogen (secondary N) is 1. The molecule has 29 heavy (non-hydrogen) atoms. The second-order valence-corrected chi connectivity index (χ2v) is 7.92. The average Bonchev–Trinajstić information content (AvgIpc) is 3.22. The van der Waals surface area contributed by atoms with Gasteiger partial charge in [-0.15, -0.1) is 5.10 Å². The highest BCUT2D eigenvalue weighted by Crippen LogP contribution is 2.26. The molecular weight excluding hydrogens is 370 g/mol. The number of hydrogen-bond donors (Lipinski definition) is 1. The van der Waals surface area contributed by atoms with Crippen LogP contribution in [0.3, 0.4) is 0 Å². The van der Waals surface area contributed by atoms with Crippen molar-refractivity contribution in [3.8, 4) is 11.5 Å². The topological polar surface area (TPSA) is 81.5 Å². The molecule has 2 aromatic rings. The van der Waals surface area contributed by atoms with Gasteiger partial charge in [0.1, 0.15) is 11.5 Å². The number of hydrogen-bond acceptors (Lipinski definition) is 6. The fraction of sp³-hybridized carbons (Fsp3) is 0.571.